The van der Waals surface area contributed by atoms with Crippen LogP contribution in [0.5, 0.6) is 0 Å². The fourth-order valence-electron chi connectivity index (χ4n) is 2.58. The van der Waals surface area contributed by atoms with Crippen molar-refractivity contribution in [3.05, 3.63) is 69.8 Å². The van der Waals surface area contributed by atoms with Gasteiger partial charge in [0.05, 0.1) is 5.69 Å². The van der Waals surface area contributed by atoms with Crippen LogP contribution in [0.4, 0.5) is 5.69 Å². The molecule has 2 heterocycles. The average Bonchev–Trinajstić information content (AvgIpc) is 2.95. The van der Waals surface area contributed by atoms with E-state index in [1.807, 2.05) is 19.9 Å². The fourth-order valence-corrected chi connectivity index (χ4v) is 2.58. The van der Waals surface area contributed by atoms with Gasteiger partial charge in [-0.3, -0.25) is 14.4 Å². The highest BCUT2D eigenvalue weighted by Gasteiger charge is 2.11. The molecule has 0 spiro atoms. The van der Waals surface area contributed by atoms with Crippen LogP contribution >= 0.6 is 0 Å². The summed E-state index contributed by atoms with van der Waals surface area (Å²) in [5.74, 6) is -0.537. The number of amides is 2. The summed E-state index contributed by atoms with van der Waals surface area (Å²) in [5, 5.41) is 11.2. The number of hydrogen-bond donors (Lipinski definition) is 2. The van der Waals surface area contributed by atoms with Crippen LogP contribution in [0.15, 0.2) is 47.3 Å². The number of benzene rings is 1. The predicted octanol–water partition coefficient (Wildman–Crippen LogP) is 0.783. The van der Waals surface area contributed by atoms with E-state index in [9.17, 15) is 14.4 Å². The van der Waals surface area contributed by atoms with Gasteiger partial charge in [0, 0.05) is 23.0 Å². The molecule has 9 nitrogen and oxygen atoms in total. The minimum absolute atomic E-state index is 0.260. The number of nitrogens with one attached hydrogen (secondary N) is 1. The van der Waals surface area contributed by atoms with Gasteiger partial charge in [-0.15, -0.1) is 5.10 Å². The molecule has 0 aliphatic carbocycles. The first-order valence-corrected chi connectivity index (χ1v) is 8.15. The van der Waals surface area contributed by atoms with Crippen LogP contribution < -0.4 is 16.6 Å². The van der Waals surface area contributed by atoms with Gasteiger partial charge in [0.1, 0.15) is 6.54 Å². The average molecular weight is 366 g/mol. The second kappa shape index (κ2) is 7.24. The lowest BCUT2D eigenvalue weighted by Crippen LogP contribution is -2.30. The van der Waals surface area contributed by atoms with Gasteiger partial charge in [0.25, 0.3) is 5.56 Å². The van der Waals surface area contributed by atoms with Crippen molar-refractivity contribution in [1.82, 2.24) is 19.6 Å². The highest BCUT2D eigenvalue weighted by molar-refractivity contribution is 5.94. The maximum Gasteiger partial charge on any atom is 0.267 e. The summed E-state index contributed by atoms with van der Waals surface area (Å²) < 4.78 is 2.67. The molecule has 138 valence electrons. The first-order valence-electron chi connectivity index (χ1n) is 8.15. The van der Waals surface area contributed by atoms with Gasteiger partial charge in [-0.25, -0.2) is 9.36 Å². The van der Waals surface area contributed by atoms with E-state index in [0.29, 0.717) is 17.1 Å². The predicted molar refractivity (Wildman–Crippen MR) is 98.7 cm³/mol. The van der Waals surface area contributed by atoms with Crippen LogP contribution in [0.1, 0.15) is 21.7 Å². The summed E-state index contributed by atoms with van der Waals surface area (Å²) in [4.78, 5) is 35.4. The summed E-state index contributed by atoms with van der Waals surface area (Å²) in [6.07, 6.45) is 0. The molecule has 2 aromatic heterocycles. The Hall–Kier alpha value is -3.75. The van der Waals surface area contributed by atoms with Gasteiger partial charge in [-0.2, -0.15) is 5.10 Å². The quantitative estimate of drug-likeness (QED) is 0.690. The third-order valence-corrected chi connectivity index (χ3v) is 3.83. The number of rotatable bonds is 5. The van der Waals surface area contributed by atoms with Crippen molar-refractivity contribution in [3.8, 4) is 5.82 Å². The maximum atomic E-state index is 12.2. The highest BCUT2D eigenvalue weighted by Crippen LogP contribution is 2.10. The summed E-state index contributed by atoms with van der Waals surface area (Å²) >= 11 is 0. The molecule has 0 radical (unpaired) electrons. The largest absolute Gasteiger partial charge is 0.366 e. The number of carbonyl (C=O) groups excluding carboxylic acids is 2. The molecule has 0 saturated carbocycles. The summed E-state index contributed by atoms with van der Waals surface area (Å²) in [6.45, 7) is 3.47. The van der Waals surface area contributed by atoms with Crippen molar-refractivity contribution >= 4 is 17.5 Å². The minimum Gasteiger partial charge on any atom is -0.366 e. The number of nitrogens with zero attached hydrogens (tertiary/aromatic N) is 4. The van der Waals surface area contributed by atoms with E-state index in [1.165, 1.54) is 18.2 Å². The topological polar surface area (TPSA) is 125 Å². The number of aryl methyl sites for hydroxylation is 2. The normalized spacial score (nSPS) is 10.6. The molecule has 0 unspecified atom stereocenters. The zero-order chi connectivity index (χ0) is 19.6. The van der Waals surface area contributed by atoms with Gasteiger partial charge in [-0.1, -0.05) is 0 Å². The van der Waals surface area contributed by atoms with E-state index in [-0.39, 0.29) is 6.54 Å². The third-order valence-electron chi connectivity index (χ3n) is 3.83. The Kier molecular flexibility index (Phi) is 4.84. The first kappa shape index (κ1) is 18.1. The lowest BCUT2D eigenvalue weighted by Gasteiger charge is -2.09. The molecule has 0 fully saturated rings. The minimum atomic E-state index is -0.551. The van der Waals surface area contributed by atoms with Crippen molar-refractivity contribution in [2.45, 2.75) is 20.4 Å². The lowest BCUT2D eigenvalue weighted by atomic mass is 10.2. The SMILES string of the molecule is Cc1cc(C)n(-c2ccc(=O)n(CC(=O)Nc3ccc(C(N)=O)cc3)n2)n1. The number of carbonyl (C=O) groups is 2. The Bertz CT molecular complexity index is 1070. The molecule has 2 amide bonds. The molecule has 0 aliphatic heterocycles. The molecule has 1 aromatic carbocycles. The molecular formula is C18H18N6O3. The van der Waals surface area contributed by atoms with E-state index < -0.39 is 17.4 Å². The second-order valence-electron chi connectivity index (χ2n) is 6.02. The van der Waals surface area contributed by atoms with E-state index in [0.717, 1.165) is 16.1 Å². The van der Waals surface area contributed by atoms with Gasteiger partial charge < -0.3 is 11.1 Å². The molecule has 0 bridgehead atoms. The molecule has 0 atom stereocenters. The van der Waals surface area contributed by atoms with Crippen LogP contribution in [0, 0.1) is 13.8 Å². The molecule has 3 N–H and O–H groups in total. The Morgan fingerprint density at radius 3 is 2.37 bits per heavy atom. The van der Waals surface area contributed by atoms with Crippen LogP contribution in [0.2, 0.25) is 0 Å². The number of primary amides is 1. The molecule has 0 aliphatic rings. The van der Waals surface area contributed by atoms with Crippen LogP contribution in [0.25, 0.3) is 5.82 Å². The highest BCUT2D eigenvalue weighted by atomic mass is 16.2. The van der Waals surface area contributed by atoms with Crippen molar-refractivity contribution < 1.29 is 9.59 Å². The number of anilines is 1. The van der Waals surface area contributed by atoms with Crippen molar-refractivity contribution in [1.29, 1.82) is 0 Å². The zero-order valence-electron chi connectivity index (χ0n) is 14.8. The standard InChI is InChI=1S/C18H18N6O3/c1-11-9-12(2)24(21-11)15-7-8-17(26)23(22-15)10-16(25)20-14-5-3-13(4-6-14)18(19)27/h3-9H,10H2,1-2H3,(H2,19,27)(H,20,25). The fraction of sp³-hybridized carbons (Fsp3) is 0.167. The maximum absolute atomic E-state index is 12.2. The van der Waals surface area contributed by atoms with Crippen LogP contribution in [-0.4, -0.2) is 31.4 Å². The zero-order valence-corrected chi connectivity index (χ0v) is 14.8. The third kappa shape index (κ3) is 4.09. The van der Waals surface area contributed by atoms with E-state index in [2.05, 4.69) is 15.5 Å². The number of hydrogen-bond acceptors (Lipinski definition) is 5. The first-order chi connectivity index (χ1) is 12.8. The van der Waals surface area contributed by atoms with E-state index >= 15 is 0 Å². The molecule has 27 heavy (non-hydrogen) atoms. The summed E-state index contributed by atoms with van der Waals surface area (Å²) in [7, 11) is 0. The summed E-state index contributed by atoms with van der Waals surface area (Å²) in [5.41, 5.74) is 7.28. The monoisotopic (exact) mass is 366 g/mol. The van der Waals surface area contributed by atoms with Crippen molar-refractivity contribution in [2.75, 3.05) is 5.32 Å². The molecular weight excluding hydrogens is 348 g/mol. The van der Waals surface area contributed by atoms with Gasteiger partial charge >= 0.3 is 0 Å². The van der Waals surface area contributed by atoms with Crippen molar-refractivity contribution in [2.24, 2.45) is 5.73 Å². The Morgan fingerprint density at radius 2 is 1.78 bits per heavy atom. The van der Waals surface area contributed by atoms with Gasteiger partial charge in [0.2, 0.25) is 11.8 Å². The molecule has 0 saturated heterocycles. The molecule has 3 aromatic rings. The Balaban J connectivity index is 1.77. The number of aromatic nitrogens is 4. The smallest absolute Gasteiger partial charge is 0.267 e. The Labute approximate surface area is 154 Å². The van der Waals surface area contributed by atoms with Crippen molar-refractivity contribution in [3.63, 3.8) is 0 Å². The van der Waals surface area contributed by atoms with Gasteiger partial charge in [-0.05, 0) is 50.2 Å². The number of nitrogens with two attached hydrogens (primary N) is 1. The van der Waals surface area contributed by atoms with E-state index in [1.54, 1.807) is 22.9 Å². The molecule has 3 rings (SSSR count). The van der Waals surface area contributed by atoms with Crippen LogP contribution in [0.3, 0.4) is 0 Å². The van der Waals surface area contributed by atoms with Gasteiger partial charge in [0.15, 0.2) is 5.82 Å². The van der Waals surface area contributed by atoms with E-state index in [4.69, 9.17) is 5.73 Å². The second-order valence-corrected chi connectivity index (χ2v) is 6.02. The molecule has 9 heteroatoms. The summed E-state index contributed by atoms with van der Waals surface area (Å²) in [6, 6.07) is 10.9. The van der Waals surface area contributed by atoms with Crippen LogP contribution in [-0.2, 0) is 11.3 Å². The lowest BCUT2D eigenvalue weighted by molar-refractivity contribution is -0.117. The Morgan fingerprint density at radius 1 is 1.07 bits per heavy atom.